The standard InChI is InChI=1S/C13H25F3N2/c1-4-11-9-17-12(2,3)10-18(11)8-6-5-7-13(14,15)16/h11,17H,4-10H2,1-3H3. The Balaban J connectivity index is 2.33. The van der Waals surface area contributed by atoms with Crippen LogP contribution < -0.4 is 5.32 Å². The summed E-state index contributed by atoms with van der Waals surface area (Å²) in [6.45, 7) is 9.04. The lowest BCUT2D eigenvalue weighted by Gasteiger charge is -2.44. The van der Waals surface area contributed by atoms with Crippen LogP contribution in [0.5, 0.6) is 0 Å². The fourth-order valence-corrected chi connectivity index (χ4v) is 2.52. The number of nitrogens with zero attached hydrogens (tertiary/aromatic N) is 1. The molecule has 108 valence electrons. The molecule has 1 rings (SSSR count). The second-order valence-corrected chi connectivity index (χ2v) is 5.87. The highest BCUT2D eigenvalue weighted by atomic mass is 19.4. The highest BCUT2D eigenvalue weighted by Crippen LogP contribution is 2.23. The summed E-state index contributed by atoms with van der Waals surface area (Å²) >= 11 is 0. The van der Waals surface area contributed by atoms with Crippen molar-refractivity contribution in [2.24, 2.45) is 0 Å². The lowest BCUT2D eigenvalue weighted by Crippen LogP contribution is -2.61. The number of alkyl halides is 3. The zero-order valence-corrected chi connectivity index (χ0v) is 11.6. The van der Waals surface area contributed by atoms with Crippen LogP contribution in [0.3, 0.4) is 0 Å². The molecule has 1 saturated heterocycles. The van der Waals surface area contributed by atoms with E-state index >= 15 is 0 Å². The van der Waals surface area contributed by atoms with Gasteiger partial charge in [-0.05, 0) is 39.7 Å². The minimum Gasteiger partial charge on any atom is -0.309 e. The molecule has 2 nitrogen and oxygen atoms in total. The molecule has 1 fully saturated rings. The number of rotatable bonds is 5. The monoisotopic (exact) mass is 266 g/mol. The van der Waals surface area contributed by atoms with Crippen molar-refractivity contribution in [2.45, 2.75) is 64.2 Å². The molecule has 1 unspecified atom stereocenters. The van der Waals surface area contributed by atoms with E-state index in [2.05, 4.69) is 31.0 Å². The predicted octanol–water partition coefficient (Wildman–Crippen LogP) is 3.18. The van der Waals surface area contributed by atoms with Crippen LogP contribution in [-0.4, -0.2) is 42.3 Å². The van der Waals surface area contributed by atoms with E-state index in [9.17, 15) is 13.2 Å². The van der Waals surface area contributed by atoms with Gasteiger partial charge in [0.15, 0.2) is 0 Å². The Morgan fingerprint density at radius 1 is 1.28 bits per heavy atom. The molecule has 0 spiro atoms. The molecular weight excluding hydrogens is 241 g/mol. The Morgan fingerprint density at radius 3 is 2.50 bits per heavy atom. The van der Waals surface area contributed by atoms with Crippen LogP contribution in [0.15, 0.2) is 0 Å². The third-order valence-electron chi connectivity index (χ3n) is 3.56. The largest absolute Gasteiger partial charge is 0.389 e. The lowest BCUT2D eigenvalue weighted by atomic mass is 9.97. The molecule has 5 heteroatoms. The van der Waals surface area contributed by atoms with Crippen molar-refractivity contribution in [1.82, 2.24) is 10.2 Å². The summed E-state index contributed by atoms with van der Waals surface area (Å²) < 4.78 is 36.2. The SMILES string of the molecule is CCC1CNC(C)(C)CN1CCCCC(F)(F)F. The van der Waals surface area contributed by atoms with Crippen LogP contribution in [0.1, 0.15) is 46.5 Å². The maximum absolute atomic E-state index is 12.1. The smallest absolute Gasteiger partial charge is 0.309 e. The van der Waals surface area contributed by atoms with Gasteiger partial charge in [-0.1, -0.05) is 6.92 Å². The third-order valence-corrected chi connectivity index (χ3v) is 3.56. The Kier molecular flexibility index (Phi) is 5.46. The van der Waals surface area contributed by atoms with Gasteiger partial charge in [0.05, 0.1) is 0 Å². The van der Waals surface area contributed by atoms with Crippen LogP contribution in [0.4, 0.5) is 13.2 Å². The van der Waals surface area contributed by atoms with E-state index in [4.69, 9.17) is 0 Å². The first kappa shape index (κ1) is 15.8. The van der Waals surface area contributed by atoms with Gasteiger partial charge in [0.25, 0.3) is 0 Å². The minimum atomic E-state index is -4.01. The number of halogens is 3. The van der Waals surface area contributed by atoms with E-state index in [-0.39, 0.29) is 12.0 Å². The van der Waals surface area contributed by atoms with Crippen molar-refractivity contribution < 1.29 is 13.2 Å². The number of hydrogen-bond acceptors (Lipinski definition) is 2. The number of piperazine rings is 1. The minimum absolute atomic E-state index is 0.0652. The first-order valence-corrected chi connectivity index (χ1v) is 6.79. The first-order chi connectivity index (χ1) is 8.23. The molecule has 1 atom stereocenters. The van der Waals surface area contributed by atoms with Crippen LogP contribution >= 0.6 is 0 Å². The Hall–Kier alpha value is -0.290. The Morgan fingerprint density at radius 2 is 1.94 bits per heavy atom. The van der Waals surface area contributed by atoms with Gasteiger partial charge < -0.3 is 5.32 Å². The van der Waals surface area contributed by atoms with Crippen LogP contribution in [0.2, 0.25) is 0 Å². The van der Waals surface area contributed by atoms with Crippen molar-refractivity contribution in [3.05, 3.63) is 0 Å². The quantitative estimate of drug-likeness (QED) is 0.769. The molecule has 0 aliphatic carbocycles. The van der Waals surface area contributed by atoms with E-state index in [0.717, 1.165) is 26.1 Å². The van der Waals surface area contributed by atoms with Crippen molar-refractivity contribution in [3.63, 3.8) is 0 Å². The molecule has 1 N–H and O–H groups in total. The van der Waals surface area contributed by atoms with Crippen molar-refractivity contribution in [1.29, 1.82) is 0 Å². The van der Waals surface area contributed by atoms with E-state index in [1.807, 2.05) is 0 Å². The summed E-state index contributed by atoms with van der Waals surface area (Å²) in [6, 6.07) is 0.462. The number of unbranched alkanes of at least 4 members (excludes halogenated alkanes) is 1. The molecule has 1 heterocycles. The van der Waals surface area contributed by atoms with Gasteiger partial charge >= 0.3 is 6.18 Å². The molecule has 0 bridgehead atoms. The average Bonchev–Trinajstić information content (AvgIpc) is 2.22. The molecule has 0 aromatic heterocycles. The second-order valence-electron chi connectivity index (χ2n) is 5.87. The van der Waals surface area contributed by atoms with Crippen LogP contribution in [0.25, 0.3) is 0 Å². The molecular formula is C13H25F3N2. The van der Waals surface area contributed by atoms with Crippen LogP contribution in [0, 0.1) is 0 Å². The fourth-order valence-electron chi connectivity index (χ4n) is 2.52. The summed E-state index contributed by atoms with van der Waals surface area (Å²) in [6.07, 6.45) is -2.75. The summed E-state index contributed by atoms with van der Waals surface area (Å²) in [7, 11) is 0. The third kappa shape index (κ3) is 5.57. The van der Waals surface area contributed by atoms with Gasteiger partial charge in [-0.3, -0.25) is 4.90 Å². The van der Waals surface area contributed by atoms with E-state index in [0.29, 0.717) is 12.5 Å². The number of hydrogen-bond donors (Lipinski definition) is 1. The van der Waals surface area contributed by atoms with Gasteiger partial charge in [0.2, 0.25) is 0 Å². The van der Waals surface area contributed by atoms with Gasteiger partial charge in [0.1, 0.15) is 0 Å². The molecule has 0 amide bonds. The predicted molar refractivity (Wildman–Crippen MR) is 67.6 cm³/mol. The highest BCUT2D eigenvalue weighted by Gasteiger charge is 2.31. The highest BCUT2D eigenvalue weighted by molar-refractivity contribution is 4.91. The number of nitrogens with one attached hydrogen (secondary N) is 1. The Bertz CT molecular complexity index is 251. The summed E-state index contributed by atoms with van der Waals surface area (Å²) in [5.74, 6) is 0. The lowest BCUT2D eigenvalue weighted by molar-refractivity contribution is -0.135. The van der Waals surface area contributed by atoms with Crippen molar-refractivity contribution in [3.8, 4) is 0 Å². The Labute approximate surface area is 108 Å². The molecule has 0 radical (unpaired) electrons. The summed E-state index contributed by atoms with van der Waals surface area (Å²) in [5, 5.41) is 3.48. The summed E-state index contributed by atoms with van der Waals surface area (Å²) in [5.41, 5.74) is 0.0652. The molecule has 0 saturated carbocycles. The van der Waals surface area contributed by atoms with Gasteiger partial charge in [-0.15, -0.1) is 0 Å². The van der Waals surface area contributed by atoms with Gasteiger partial charge in [-0.25, -0.2) is 0 Å². The van der Waals surface area contributed by atoms with Crippen LogP contribution in [-0.2, 0) is 0 Å². The van der Waals surface area contributed by atoms with E-state index in [1.165, 1.54) is 0 Å². The second kappa shape index (κ2) is 6.24. The van der Waals surface area contributed by atoms with Crippen molar-refractivity contribution in [2.75, 3.05) is 19.6 Å². The summed E-state index contributed by atoms with van der Waals surface area (Å²) in [4.78, 5) is 2.34. The molecule has 1 aliphatic heterocycles. The van der Waals surface area contributed by atoms with E-state index in [1.54, 1.807) is 0 Å². The maximum atomic E-state index is 12.1. The normalized spacial score (nSPS) is 25.3. The van der Waals surface area contributed by atoms with Gasteiger partial charge in [-0.2, -0.15) is 13.2 Å². The van der Waals surface area contributed by atoms with Gasteiger partial charge in [0, 0.05) is 31.1 Å². The zero-order valence-electron chi connectivity index (χ0n) is 11.6. The first-order valence-electron chi connectivity index (χ1n) is 6.79. The van der Waals surface area contributed by atoms with E-state index < -0.39 is 12.6 Å². The molecule has 1 aliphatic rings. The average molecular weight is 266 g/mol. The molecule has 18 heavy (non-hydrogen) atoms. The maximum Gasteiger partial charge on any atom is 0.389 e. The fraction of sp³-hybridized carbons (Fsp3) is 1.00. The zero-order chi connectivity index (χ0) is 13.8. The topological polar surface area (TPSA) is 15.3 Å². The molecule has 0 aromatic rings. The van der Waals surface area contributed by atoms with Crippen molar-refractivity contribution >= 4 is 0 Å². The molecule has 0 aromatic carbocycles.